The van der Waals surface area contributed by atoms with E-state index in [4.69, 9.17) is 5.73 Å². The number of nitrogen functional groups attached to an aromatic ring is 1. The van der Waals surface area contributed by atoms with E-state index in [0.717, 1.165) is 41.7 Å². The highest BCUT2D eigenvalue weighted by molar-refractivity contribution is 7.85. The lowest BCUT2D eigenvalue weighted by atomic mass is 9.82. The quantitative estimate of drug-likeness (QED) is 0.804. The molecule has 1 heterocycles. The van der Waals surface area contributed by atoms with Crippen LogP contribution in [0.15, 0.2) is 47.4 Å². The summed E-state index contributed by atoms with van der Waals surface area (Å²) in [7, 11) is -1.07. The molecule has 3 rings (SSSR count). The molecule has 0 aliphatic carbocycles. The molecule has 0 radical (unpaired) electrons. The van der Waals surface area contributed by atoms with Crippen LogP contribution in [-0.4, -0.2) is 9.96 Å². The third-order valence-electron chi connectivity index (χ3n) is 4.83. The molecule has 0 saturated heterocycles. The van der Waals surface area contributed by atoms with Gasteiger partial charge in [-0.2, -0.15) is 0 Å². The zero-order valence-corrected chi connectivity index (χ0v) is 14.8. The first-order valence-corrected chi connectivity index (χ1v) is 9.93. The maximum Gasteiger partial charge on any atom is 0.123 e. The summed E-state index contributed by atoms with van der Waals surface area (Å²) in [6.45, 7) is 2.17. The lowest BCUT2D eigenvalue weighted by Crippen LogP contribution is -2.11. The Hall–Kier alpha value is -1.68. The first kappa shape index (κ1) is 17.2. The lowest BCUT2D eigenvalue weighted by Gasteiger charge is -2.21. The Morgan fingerprint density at radius 3 is 2.83 bits per heavy atom. The standard InChI is InChI=1S/C20H24FNOS/c1-2-3-5-14-10-18(15-6-4-7-17(22)11-15)19-12-16(21)8-9-20(19)24(23)13-14/h4,6-9,11-12,14,18H,2-3,5,10,13,22H2,1H3/t14?,18-,24?/m1/s1. The molecule has 24 heavy (non-hydrogen) atoms. The highest BCUT2D eigenvalue weighted by atomic mass is 32.2. The first-order chi connectivity index (χ1) is 11.6. The van der Waals surface area contributed by atoms with Crippen molar-refractivity contribution >= 4 is 16.5 Å². The maximum atomic E-state index is 13.9. The molecule has 2 unspecified atom stereocenters. The van der Waals surface area contributed by atoms with Crippen molar-refractivity contribution in [2.75, 3.05) is 11.5 Å². The molecule has 2 aromatic rings. The summed E-state index contributed by atoms with van der Waals surface area (Å²) in [6, 6.07) is 12.5. The zero-order valence-electron chi connectivity index (χ0n) is 14.0. The normalized spacial score (nSPS) is 23.5. The van der Waals surface area contributed by atoms with Crippen molar-refractivity contribution in [3.63, 3.8) is 0 Å². The molecule has 2 nitrogen and oxygen atoms in total. The van der Waals surface area contributed by atoms with E-state index in [1.807, 2.05) is 24.3 Å². The van der Waals surface area contributed by atoms with Crippen molar-refractivity contribution in [2.45, 2.75) is 43.4 Å². The van der Waals surface area contributed by atoms with E-state index < -0.39 is 10.8 Å². The molecule has 2 N–H and O–H groups in total. The number of fused-ring (bicyclic) bond motifs is 1. The Bertz CT molecular complexity index is 746. The second-order valence-corrected chi connectivity index (χ2v) is 8.13. The molecule has 4 heteroatoms. The number of halogens is 1. The van der Waals surface area contributed by atoms with Crippen LogP contribution in [0.1, 0.15) is 49.7 Å². The van der Waals surface area contributed by atoms with Crippen LogP contribution < -0.4 is 5.73 Å². The second kappa shape index (κ2) is 7.47. The molecule has 128 valence electrons. The molecule has 0 aromatic heterocycles. The highest BCUT2D eigenvalue weighted by Crippen LogP contribution is 2.40. The fourth-order valence-electron chi connectivity index (χ4n) is 3.62. The number of nitrogens with two attached hydrogens (primary N) is 1. The van der Waals surface area contributed by atoms with Gasteiger partial charge in [0.05, 0.1) is 10.8 Å². The summed E-state index contributed by atoms with van der Waals surface area (Å²) in [4.78, 5) is 0.780. The van der Waals surface area contributed by atoms with E-state index in [1.165, 1.54) is 6.07 Å². The minimum absolute atomic E-state index is 0.0486. The van der Waals surface area contributed by atoms with E-state index >= 15 is 0 Å². The van der Waals surface area contributed by atoms with E-state index in [0.29, 0.717) is 17.4 Å². The second-order valence-electron chi connectivity index (χ2n) is 6.66. The fourth-order valence-corrected chi connectivity index (χ4v) is 5.21. The summed E-state index contributed by atoms with van der Waals surface area (Å²) in [6.07, 6.45) is 4.23. The predicted molar refractivity (Wildman–Crippen MR) is 98.0 cm³/mol. The van der Waals surface area contributed by atoms with Gasteiger partial charge < -0.3 is 5.73 Å². The molecule has 1 aliphatic heterocycles. The van der Waals surface area contributed by atoms with Gasteiger partial charge in [-0.25, -0.2) is 4.39 Å². The largest absolute Gasteiger partial charge is 0.399 e. The minimum Gasteiger partial charge on any atom is -0.399 e. The molecule has 0 saturated carbocycles. The number of hydrogen-bond donors (Lipinski definition) is 1. The van der Waals surface area contributed by atoms with E-state index in [-0.39, 0.29) is 11.7 Å². The van der Waals surface area contributed by atoms with Crippen LogP contribution in [0.4, 0.5) is 10.1 Å². The molecule has 2 aromatic carbocycles. The van der Waals surface area contributed by atoms with Crippen molar-refractivity contribution in [1.82, 2.24) is 0 Å². The zero-order chi connectivity index (χ0) is 17.1. The van der Waals surface area contributed by atoms with E-state index in [1.54, 1.807) is 12.1 Å². The van der Waals surface area contributed by atoms with Gasteiger partial charge in [-0.3, -0.25) is 4.21 Å². The van der Waals surface area contributed by atoms with Crippen LogP contribution in [-0.2, 0) is 10.8 Å². The molecular weight excluding hydrogens is 321 g/mol. The summed E-state index contributed by atoms with van der Waals surface area (Å²) in [5.74, 6) is 0.823. The highest BCUT2D eigenvalue weighted by Gasteiger charge is 2.29. The summed E-state index contributed by atoms with van der Waals surface area (Å²) >= 11 is 0. The van der Waals surface area contributed by atoms with Crippen LogP contribution in [0.25, 0.3) is 0 Å². The van der Waals surface area contributed by atoms with Gasteiger partial charge in [-0.1, -0.05) is 31.9 Å². The first-order valence-electron chi connectivity index (χ1n) is 8.61. The molecular formula is C20H24FNOS. The molecule has 0 spiro atoms. The van der Waals surface area contributed by atoms with Gasteiger partial charge in [0.1, 0.15) is 5.82 Å². The number of benzene rings is 2. The SMILES string of the molecule is CCCCC1C[C@H](c2cccc(N)c2)c2cc(F)ccc2S(=O)C1. The van der Waals surface area contributed by atoms with Crippen molar-refractivity contribution < 1.29 is 8.60 Å². The van der Waals surface area contributed by atoms with Crippen molar-refractivity contribution in [3.05, 3.63) is 59.4 Å². The third kappa shape index (κ3) is 3.69. The van der Waals surface area contributed by atoms with Crippen LogP contribution in [0.3, 0.4) is 0 Å². The van der Waals surface area contributed by atoms with Gasteiger partial charge in [0.2, 0.25) is 0 Å². The van der Waals surface area contributed by atoms with Crippen LogP contribution in [0.2, 0.25) is 0 Å². The smallest absolute Gasteiger partial charge is 0.123 e. The Morgan fingerprint density at radius 1 is 1.25 bits per heavy atom. The van der Waals surface area contributed by atoms with Gasteiger partial charge in [0.15, 0.2) is 0 Å². The molecule has 1 aliphatic rings. The predicted octanol–water partition coefficient (Wildman–Crippen LogP) is 4.86. The van der Waals surface area contributed by atoms with Crippen molar-refractivity contribution in [1.29, 1.82) is 0 Å². The van der Waals surface area contributed by atoms with Gasteiger partial charge >= 0.3 is 0 Å². The van der Waals surface area contributed by atoms with Gasteiger partial charge in [0.25, 0.3) is 0 Å². The summed E-state index contributed by atoms with van der Waals surface area (Å²) in [5, 5.41) is 0. The summed E-state index contributed by atoms with van der Waals surface area (Å²) in [5.41, 5.74) is 8.62. The van der Waals surface area contributed by atoms with Crippen LogP contribution >= 0.6 is 0 Å². The molecule has 0 amide bonds. The fraction of sp³-hybridized carbons (Fsp3) is 0.400. The monoisotopic (exact) mass is 345 g/mol. The van der Waals surface area contributed by atoms with Crippen molar-refractivity contribution in [2.24, 2.45) is 5.92 Å². The average molecular weight is 345 g/mol. The van der Waals surface area contributed by atoms with E-state index in [9.17, 15) is 8.60 Å². The number of hydrogen-bond acceptors (Lipinski definition) is 2. The Morgan fingerprint density at radius 2 is 2.08 bits per heavy atom. The van der Waals surface area contributed by atoms with Gasteiger partial charge in [-0.15, -0.1) is 0 Å². The number of unbranched alkanes of at least 4 members (excludes halogenated alkanes) is 1. The van der Waals surface area contributed by atoms with Gasteiger partial charge in [0, 0.05) is 22.3 Å². The Kier molecular flexibility index (Phi) is 5.34. The minimum atomic E-state index is -1.07. The third-order valence-corrected chi connectivity index (χ3v) is 6.46. The molecule has 0 fully saturated rings. The van der Waals surface area contributed by atoms with Crippen LogP contribution in [0.5, 0.6) is 0 Å². The average Bonchev–Trinajstić information content (AvgIpc) is 2.69. The molecule has 3 atom stereocenters. The Labute approximate surface area is 145 Å². The van der Waals surface area contributed by atoms with E-state index in [2.05, 4.69) is 6.92 Å². The topological polar surface area (TPSA) is 43.1 Å². The molecule has 0 bridgehead atoms. The number of anilines is 1. The number of rotatable bonds is 4. The maximum absolute atomic E-state index is 13.9. The summed E-state index contributed by atoms with van der Waals surface area (Å²) < 4.78 is 26.7. The van der Waals surface area contributed by atoms with Gasteiger partial charge in [-0.05, 0) is 60.2 Å². The lowest BCUT2D eigenvalue weighted by molar-refractivity contribution is 0.454. The van der Waals surface area contributed by atoms with Crippen LogP contribution in [0, 0.1) is 11.7 Å². The Balaban J connectivity index is 2.06. The van der Waals surface area contributed by atoms with Crippen molar-refractivity contribution in [3.8, 4) is 0 Å².